The molecule has 0 radical (unpaired) electrons. The Balaban J connectivity index is 1.84. The minimum absolute atomic E-state index is 0.00805. The number of nitrogens with zero attached hydrogens (tertiary/aromatic N) is 1. The number of rotatable bonds is 4. The van der Waals surface area contributed by atoms with Crippen LogP contribution >= 0.6 is 0 Å². The Morgan fingerprint density at radius 1 is 1.08 bits per heavy atom. The summed E-state index contributed by atoms with van der Waals surface area (Å²) in [5.74, 6) is -2.34. The van der Waals surface area contributed by atoms with Crippen LogP contribution in [0.2, 0.25) is 0 Å². The number of amides is 1. The number of Topliss-reactive ketones (excluding diaryl/α,β-unsaturated/α-hetero) is 1. The van der Waals surface area contributed by atoms with Crippen molar-refractivity contribution >= 4 is 23.2 Å². The summed E-state index contributed by atoms with van der Waals surface area (Å²) in [6.07, 6.45) is 0. The molecule has 7 heteroatoms. The molecule has 0 unspecified atom stereocenters. The van der Waals surface area contributed by atoms with Gasteiger partial charge in [-0.2, -0.15) is 0 Å². The van der Waals surface area contributed by atoms with Crippen LogP contribution in [-0.2, 0) is 0 Å². The molecule has 0 aliphatic carbocycles. The third-order valence-electron chi connectivity index (χ3n) is 3.86. The molecule has 0 bridgehead atoms. The van der Waals surface area contributed by atoms with Gasteiger partial charge in [-0.25, -0.2) is 8.78 Å². The Morgan fingerprint density at radius 3 is 2.40 bits per heavy atom. The van der Waals surface area contributed by atoms with Crippen LogP contribution in [0.15, 0.2) is 36.4 Å². The van der Waals surface area contributed by atoms with Crippen LogP contribution in [0.4, 0.5) is 14.5 Å². The first-order valence-corrected chi connectivity index (χ1v) is 7.62. The average Bonchev–Trinajstić information content (AvgIpc) is 3.40. The lowest BCUT2D eigenvalue weighted by molar-refractivity contribution is 0.101. The summed E-state index contributed by atoms with van der Waals surface area (Å²) < 4.78 is 27.5. The smallest absolute Gasteiger partial charge is 0.258 e. The highest BCUT2D eigenvalue weighted by Gasteiger charge is 2.23. The van der Waals surface area contributed by atoms with Crippen LogP contribution in [0.3, 0.4) is 0 Å². The van der Waals surface area contributed by atoms with E-state index >= 15 is 0 Å². The van der Waals surface area contributed by atoms with Crippen molar-refractivity contribution in [3.8, 4) is 0 Å². The maximum absolute atomic E-state index is 14.3. The Hall–Kier alpha value is -3.09. The Labute approximate surface area is 142 Å². The van der Waals surface area contributed by atoms with E-state index < -0.39 is 23.3 Å². The van der Waals surface area contributed by atoms with Gasteiger partial charge in [-0.05, 0) is 37.3 Å². The van der Waals surface area contributed by atoms with Gasteiger partial charge in [0.05, 0.1) is 11.3 Å². The lowest BCUT2D eigenvalue weighted by Crippen LogP contribution is -2.17. The second kappa shape index (κ2) is 6.43. The van der Waals surface area contributed by atoms with E-state index in [9.17, 15) is 18.4 Å². The van der Waals surface area contributed by atoms with E-state index in [1.807, 2.05) is 0 Å². The maximum atomic E-state index is 14.3. The number of anilines is 1. The first-order chi connectivity index (χ1) is 11.9. The van der Waals surface area contributed by atoms with E-state index in [0.717, 1.165) is 31.3 Å². The highest BCUT2D eigenvalue weighted by Crippen LogP contribution is 2.21. The monoisotopic (exact) mass is 343 g/mol. The zero-order valence-electron chi connectivity index (χ0n) is 13.4. The Kier molecular flexibility index (Phi) is 4.31. The molecular weight excluding hydrogens is 328 g/mol. The normalized spacial score (nSPS) is 12.7. The second-order valence-corrected chi connectivity index (χ2v) is 5.73. The molecule has 25 heavy (non-hydrogen) atoms. The number of hydrogen-bond acceptors (Lipinski definition) is 3. The third-order valence-corrected chi connectivity index (χ3v) is 3.86. The van der Waals surface area contributed by atoms with Gasteiger partial charge in [0.15, 0.2) is 5.78 Å². The van der Waals surface area contributed by atoms with Crippen molar-refractivity contribution in [2.75, 3.05) is 18.4 Å². The molecule has 0 spiro atoms. The van der Waals surface area contributed by atoms with E-state index in [2.05, 4.69) is 5.32 Å². The fraction of sp³-hybridized carbons (Fsp3) is 0.167. The van der Waals surface area contributed by atoms with Gasteiger partial charge in [0, 0.05) is 24.2 Å². The number of carbonyl (C=O) groups is 2. The van der Waals surface area contributed by atoms with Crippen LogP contribution in [-0.4, -0.2) is 35.5 Å². The summed E-state index contributed by atoms with van der Waals surface area (Å²) in [5.41, 5.74) is 0.284. The lowest BCUT2D eigenvalue weighted by Gasteiger charge is -2.11. The summed E-state index contributed by atoms with van der Waals surface area (Å²) in [5, 5.41) is 10.3. The first-order valence-electron chi connectivity index (χ1n) is 7.62. The summed E-state index contributed by atoms with van der Waals surface area (Å²) in [6.45, 7) is 2.78. The summed E-state index contributed by atoms with van der Waals surface area (Å²) >= 11 is 0. The van der Waals surface area contributed by atoms with E-state index in [4.69, 9.17) is 5.41 Å². The number of ketones is 1. The fourth-order valence-electron chi connectivity index (χ4n) is 2.41. The molecule has 5 nitrogen and oxygen atoms in total. The number of halogens is 2. The molecule has 2 N–H and O–H groups in total. The van der Waals surface area contributed by atoms with Gasteiger partial charge in [0.2, 0.25) is 0 Å². The van der Waals surface area contributed by atoms with Crippen molar-refractivity contribution in [1.82, 2.24) is 4.90 Å². The number of carbonyl (C=O) groups excluding carboxylic acids is 2. The standard InChI is InChI=1S/C18H15F2N3O2/c1-10(24)14-9-12(19)3-5-16(14)22-18(25)13-4-2-11(8-15(13)20)17(21)23-6-7-23/h2-5,8-9,21H,6-7H2,1H3,(H,22,25). The zero-order valence-corrected chi connectivity index (χ0v) is 13.4. The van der Waals surface area contributed by atoms with Gasteiger partial charge in [-0.3, -0.25) is 15.0 Å². The molecule has 1 heterocycles. The number of hydrogen-bond donors (Lipinski definition) is 2. The molecule has 1 amide bonds. The molecule has 3 rings (SSSR count). The highest BCUT2D eigenvalue weighted by molar-refractivity contribution is 6.09. The van der Waals surface area contributed by atoms with Crippen LogP contribution in [0.5, 0.6) is 0 Å². The highest BCUT2D eigenvalue weighted by atomic mass is 19.1. The van der Waals surface area contributed by atoms with Gasteiger partial charge >= 0.3 is 0 Å². The van der Waals surface area contributed by atoms with Crippen molar-refractivity contribution in [3.63, 3.8) is 0 Å². The van der Waals surface area contributed by atoms with Crippen molar-refractivity contribution in [2.24, 2.45) is 0 Å². The molecule has 2 aromatic rings. The maximum Gasteiger partial charge on any atom is 0.258 e. The number of nitrogens with one attached hydrogen (secondary N) is 2. The van der Waals surface area contributed by atoms with Crippen molar-refractivity contribution in [2.45, 2.75) is 6.92 Å². The van der Waals surface area contributed by atoms with Gasteiger partial charge in [-0.1, -0.05) is 6.07 Å². The van der Waals surface area contributed by atoms with Crippen LogP contribution in [0.25, 0.3) is 0 Å². The molecule has 1 aliphatic rings. The molecular formula is C18H15F2N3O2. The summed E-state index contributed by atoms with van der Waals surface area (Å²) in [4.78, 5) is 25.6. The van der Waals surface area contributed by atoms with Crippen molar-refractivity contribution < 1.29 is 18.4 Å². The second-order valence-electron chi connectivity index (χ2n) is 5.73. The molecule has 0 aromatic heterocycles. The minimum atomic E-state index is -0.770. The van der Waals surface area contributed by atoms with Crippen molar-refractivity contribution in [3.05, 3.63) is 64.7 Å². The van der Waals surface area contributed by atoms with Crippen LogP contribution in [0, 0.1) is 17.0 Å². The fourth-order valence-corrected chi connectivity index (χ4v) is 2.41. The Morgan fingerprint density at radius 2 is 1.80 bits per heavy atom. The van der Waals surface area contributed by atoms with Gasteiger partial charge in [-0.15, -0.1) is 0 Å². The topological polar surface area (TPSA) is 73.0 Å². The molecule has 2 aromatic carbocycles. The van der Waals surface area contributed by atoms with Gasteiger partial charge in [0.1, 0.15) is 17.5 Å². The zero-order chi connectivity index (χ0) is 18.1. The van der Waals surface area contributed by atoms with Crippen molar-refractivity contribution in [1.29, 1.82) is 5.41 Å². The summed E-state index contributed by atoms with van der Waals surface area (Å²) in [6, 6.07) is 7.29. The average molecular weight is 343 g/mol. The van der Waals surface area contributed by atoms with Gasteiger partial charge in [0.25, 0.3) is 5.91 Å². The van der Waals surface area contributed by atoms with E-state index in [1.165, 1.54) is 25.1 Å². The molecule has 1 aliphatic heterocycles. The van der Waals surface area contributed by atoms with Crippen LogP contribution < -0.4 is 5.32 Å². The lowest BCUT2D eigenvalue weighted by atomic mass is 10.1. The molecule has 0 atom stereocenters. The predicted octanol–water partition coefficient (Wildman–Crippen LogP) is 3.06. The van der Waals surface area contributed by atoms with E-state index in [1.54, 1.807) is 4.90 Å². The van der Waals surface area contributed by atoms with E-state index in [-0.39, 0.29) is 22.6 Å². The molecule has 128 valence electrons. The molecule has 1 saturated heterocycles. The largest absolute Gasteiger partial charge is 0.353 e. The molecule has 1 fully saturated rings. The first kappa shape index (κ1) is 16.8. The minimum Gasteiger partial charge on any atom is -0.353 e. The third kappa shape index (κ3) is 3.55. The summed E-state index contributed by atoms with van der Waals surface area (Å²) in [7, 11) is 0. The predicted molar refractivity (Wildman–Crippen MR) is 89.2 cm³/mol. The SMILES string of the molecule is CC(=O)c1cc(F)ccc1NC(=O)c1ccc(C(=N)N2CC2)cc1F. The van der Waals surface area contributed by atoms with E-state index in [0.29, 0.717) is 5.56 Å². The van der Waals surface area contributed by atoms with Gasteiger partial charge < -0.3 is 10.2 Å². The quantitative estimate of drug-likeness (QED) is 0.388. The Bertz CT molecular complexity index is 892. The van der Waals surface area contributed by atoms with Crippen LogP contribution in [0.1, 0.15) is 33.2 Å². The number of benzene rings is 2. The number of amidine groups is 1. The molecule has 0 saturated carbocycles.